The molecule has 2 amide bonds. The van der Waals surface area contributed by atoms with Gasteiger partial charge in [0.2, 0.25) is 0 Å². The summed E-state index contributed by atoms with van der Waals surface area (Å²) in [5, 5.41) is 5.45. The highest BCUT2D eigenvalue weighted by Gasteiger charge is 2.42. The van der Waals surface area contributed by atoms with Gasteiger partial charge in [0.25, 0.3) is 0 Å². The number of epoxide rings is 1. The summed E-state index contributed by atoms with van der Waals surface area (Å²) in [6, 6.07) is -0.434. The number of aliphatic imine (C=N–C) groups is 1. The number of amides is 2. The average molecular weight is 201 g/mol. The molecule has 7 nitrogen and oxygen atoms in total. The summed E-state index contributed by atoms with van der Waals surface area (Å²) >= 11 is 0. The summed E-state index contributed by atoms with van der Waals surface area (Å²) < 4.78 is 5.06. The molecular weight excluding hydrogens is 186 g/mol. The lowest BCUT2D eigenvalue weighted by Gasteiger charge is -2.10. The number of hydrogen-bond acceptors (Lipinski definition) is 5. The summed E-state index contributed by atoms with van der Waals surface area (Å²) in [6.07, 6.45) is 1.33. The van der Waals surface area contributed by atoms with Gasteiger partial charge in [0.1, 0.15) is 0 Å². The Bertz CT molecular complexity index is 226. The number of carbonyl (C=O) groups is 1. The molecule has 0 aromatic heterocycles. The normalized spacial score (nSPS) is 25.3. The van der Waals surface area contributed by atoms with Crippen molar-refractivity contribution >= 4 is 12.2 Å². The molecule has 80 valence electrons. The number of carbonyl (C=O) groups excluding carboxylic acids is 1. The van der Waals surface area contributed by atoms with Gasteiger partial charge in [0, 0.05) is 19.3 Å². The molecule has 6 N–H and O–H groups in total. The molecular formula is C7H15N5O2. The van der Waals surface area contributed by atoms with Crippen molar-refractivity contribution in [1.29, 1.82) is 0 Å². The van der Waals surface area contributed by atoms with Crippen LogP contribution in [0.4, 0.5) is 4.79 Å². The Morgan fingerprint density at radius 3 is 2.86 bits per heavy atom. The largest absolute Gasteiger partial charge is 0.352 e. The molecule has 1 heterocycles. The summed E-state index contributed by atoms with van der Waals surface area (Å²) in [5.74, 6) is 0. The van der Waals surface area contributed by atoms with Crippen LogP contribution in [-0.2, 0) is 4.74 Å². The van der Waals surface area contributed by atoms with Crippen molar-refractivity contribution in [2.24, 2.45) is 16.5 Å². The first kappa shape index (κ1) is 11.1. The van der Waals surface area contributed by atoms with Gasteiger partial charge in [0.05, 0.1) is 13.3 Å². The molecule has 1 atom stereocenters. The minimum absolute atomic E-state index is 0.247. The van der Waals surface area contributed by atoms with Crippen molar-refractivity contribution in [1.82, 2.24) is 10.6 Å². The van der Waals surface area contributed by atoms with Gasteiger partial charge in [-0.3, -0.25) is 5.32 Å². The maximum atomic E-state index is 10.9. The summed E-state index contributed by atoms with van der Waals surface area (Å²) in [5.41, 5.74) is 10.1. The Balaban J connectivity index is 2.09. The first-order valence-electron chi connectivity index (χ1n) is 4.32. The maximum absolute atomic E-state index is 10.9. The van der Waals surface area contributed by atoms with Gasteiger partial charge in [-0.05, 0) is 0 Å². The number of nitrogens with two attached hydrogens (primary N) is 2. The zero-order valence-corrected chi connectivity index (χ0v) is 7.82. The van der Waals surface area contributed by atoms with Crippen molar-refractivity contribution in [3.05, 3.63) is 0 Å². The summed E-state index contributed by atoms with van der Waals surface area (Å²) in [4.78, 5) is 14.4. The Labute approximate surface area is 81.9 Å². The molecule has 1 aliphatic heterocycles. The first-order chi connectivity index (χ1) is 6.72. The van der Waals surface area contributed by atoms with E-state index in [1.54, 1.807) is 0 Å². The topological polar surface area (TPSA) is 118 Å². The predicted octanol–water partition coefficient (Wildman–Crippen LogP) is -2.04. The van der Waals surface area contributed by atoms with Crippen molar-refractivity contribution in [3.8, 4) is 0 Å². The maximum Gasteiger partial charge on any atom is 0.341 e. The third-order valence-corrected chi connectivity index (χ3v) is 1.79. The molecule has 0 bridgehead atoms. The molecule has 0 aliphatic carbocycles. The van der Waals surface area contributed by atoms with Crippen LogP contribution in [0, 0.1) is 0 Å². The monoisotopic (exact) mass is 201 g/mol. The van der Waals surface area contributed by atoms with Crippen LogP contribution in [0.3, 0.4) is 0 Å². The Hall–Kier alpha value is -1.02. The Kier molecular flexibility index (Phi) is 3.96. The zero-order valence-electron chi connectivity index (χ0n) is 7.82. The van der Waals surface area contributed by atoms with E-state index >= 15 is 0 Å². The Morgan fingerprint density at radius 2 is 2.36 bits per heavy atom. The molecule has 0 aromatic carbocycles. The number of rotatable bonds is 5. The van der Waals surface area contributed by atoms with Crippen molar-refractivity contribution in [3.63, 3.8) is 0 Å². The van der Waals surface area contributed by atoms with E-state index in [0.717, 1.165) is 0 Å². The van der Waals surface area contributed by atoms with Crippen LogP contribution >= 0.6 is 0 Å². The van der Waals surface area contributed by atoms with E-state index < -0.39 is 11.8 Å². The number of urea groups is 1. The minimum atomic E-state index is -0.440. The van der Waals surface area contributed by atoms with Gasteiger partial charge < -0.3 is 21.5 Å². The lowest BCUT2D eigenvalue weighted by atomic mass is 10.3. The molecule has 0 radical (unpaired) electrons. The van der Waals surface area contributed by atoms with Crippen LogP contribution in [0.1, 0.15) is 0 Å². The summed E-state index contributed by atoms with van der Waals surface area (Å²) in [7, 11) is 0. The molecule has 14 heavy (non-hydrogen) atoms. The molecule has 1 aliphatic rings. The molecule has 0 aromatic rings. The number of nitrogens with one attached hydrogen (secondary N) is 2. The van der Waals surface area contributed by atoms with Gasteiger partial charge in [0.15, 0.2) is 5.72 Å². The highest BCUT2D eigenvalue weighted by atomic mass is 16.6. The quantitative estimate of drug-likeness (QED) is 0.232. The van der Waals surface area contributed by atoms with Crippen molar-refractivity contribution in [2.45, 2.75) is 5.72 Å². The smallest absolute Gasteiger partial charge is 0.341 e. The SMILES string of the molecule is NC/C=N/C(=O)NCNC1(CN)CO1. The van der Waals surface area contributed by atoms with E-state index in [-0.39, 0.29) is 13.2 Å². The van der Waals surface area contributed by atoms with Gasteiger partial charge in [-0.15, -0.1) is 0 Å². The second kappa shape index (κ2) is 5.01. The number of ether oxygens (including phenoxy) is 1. The molecule has 0 saturated carbocycles. The van der Waals surface area contributed by atoms with Gasteiger partial charge >= 0.3 is 6.03 Å². The fourth-order valence-corrected chi connectivity index (χ4v) is 0.841. The van der Waals surface area contributed by atoms with Crippen LogP contribution < -0.4 is 22.1 Å². The van der Waals surface area contributed by atoms with Gasteiger partial charge in [-0.1, -0.05) is 0 Å². The molecule has 1 fully saturated rings. The lowest BCUT2D eigenvalue weighted by Crippen LogP contribution is -2.45. The number of nitrogens with zero attached hydrogens (tertiary/aromatic N) is 1. The molecule has 0 spiro atoms. The van der Waals surface area contributed by atoms with E-state index in [0.29, 0.717) is 13.2 Å². The Morgan fingerprint density at radius 1 is 1.64 bits per heavy atom. The van der Waals surface area contributed by atoms with Crippen LogP contribution in [-0.4, -0.2) is 44.3 Å². The van der Waals surface area contributed by atoms with E-state index in [1.807, 2.05) is 0 Å². The van der Waals surface area contributed by atoms with E-state index in [2.05, 4.69) is 15.6 Å². The van der Waals surface area contributed by atoms with E-state index in [9.17, 15) is 4.79 Å². The van der Waals surface area contributed by atoms with Crippen LogP contribution in [0.25, 0.3) is 0 Å². The third kappa shape index (κ3) is 3.38. The minimum Gasteiger partial charge on any atom is -0.352 e. The highest BCUT2D eigenvalue weighted by Crippen LogP contribution is 2.20. The predicted molar refractivity (Wildman–Crippen MR) is 51.8 cm³/mol. The fourth-order valence-electron chi connectivity index (χ4n) is 0.841. The highest BCUT2D eigenvalue weighted by molar-refractivity contribution is 5.83. The molecule has 1 unspecified atom stereocenters. The molecule has 7 heteroatoms. The second-order valence-corrected chi connectivity index (χ2v) is 2.87. The van der Waals surface area contributed by atoms with E-state index in [4.69, 9.17) is 16.2 Å². The standard InChI is InChI=1S/C7H15N5O2/c8-1-2-10-6(13)11-5-12-7(3-9)4-14-7/h2,12H,1,3-5,8-9H2,(H,11,13)/b10-2+. The molecule has 1 saturated heterocycles. The molecule has 1 rings (SSSR count). The average Bonchev–Trinajstić information content (AvgIpc) is 2.96. The first-order valence-corrected chi connectivity index (χ1v) is 4.32. The van der Waals surface area contributed by atoms with Crippen molar-refractivity contribution in [2.75, 3.05) is 26.4 Å². The second-order valence-electron chi connectivity index (χ2n) is 2.87. The van der Waals surface area contributed by atoms with Crippen LogP contribution in [0.5, 0.6) is 0 Å². The zero-order chi connectivity index (χ0) is 10.4. The van der Waals surface area contributed by atoms with Gasteiger partial charge in [-0.25, -0.2) is 9.79 Å². The van der Waals surface area contributed by atoms with Crippen LogP contribution in [0.15, 0.2) is 4.99 Å². The third-order valence-electron chi connectivity index (χ3n) is 1.79. The summed E-state index contributed by atoms with van der Waals surface area (Å²) in [6.45, 7) is 1.48. The number of hydrogen-bond donors (Lipinski definition) is 4. The van der Waals surface area contributed by atoms with E-state index in [1.165, 1.54) is 6.21 Å². The lowest BCUT2D eigenvalue weighted by molar-refractivity contribution is 0.237. The van der Waals surface area contributed by atoms with Crippen molar-refractivity contribution < 1.29 is 9.53 Å². The van der Waals surface area contributed by atoms with Gasteiger partial charge in [-0.2, -0.15) is 0 Å². The fraction of sp³-hybridized carbons (Fsp3) is 0.714. The van der Waals surface area contributed by atoms with Crippen LogP contribution in [0.2, 0.25) is 0 Å².